The van der Waals surface area contributed by atoms with Gasteiger partial charge in [-0.25, -0.2) is 10.1 Å². The van der Waals surface area contributed by atoms with Crippen LogP contribution in [0.25, 0.3) is 10.8 Å². The van der Waals surface area contributed by atoms with Crippen LogP contribution in [0.2, 0.25) is 5.02 Å². The molecule has 0 spiro atoms. The number of hydrazone groups is 1. The van der Waals surface area contributed by atoms with Crippen LogP contribution in [0.4, 0.5) is 0 Å². The minimum Gasteiger partial charge on any atom is -0.267 e. The Kier molecular flexibility index (Phi) is 4.39. The second-order valence-corrected chi connectivity index (χ2v) is 5.51. The van der Waals surface area contributed by atoms with E-state index in [1.165, 1.54) is 13.3 Å². The predicted molar refractivity (Wildman–Crippen MR) is 93.5 cm³/mol. The van der Waals surface area contributed by atoms with Gasteiger partial charge in [0, 0.05) is 17.5 Å². The molecule has 0 unspecified atom stereocenters. The third-order valence-corrected chi connectivity index (χ3v) is 3.67. The van der Waals surface area contributed by atoms with Gasteiger partial charge in [-0.1, -0.05) is 41.9 Å². The molecule has 24 heavy (non-hydrogen) atoms. The van der Waals surface area contributed by atoms with Gasteiger partial charge in [0.1, 0.15) is 0 Å². The van der Waals surface area contributed by atoms with Crippen molar-refractivity contribution in [3.63, 3.8) is 0 Å². The fourth-order valence-electron chi connectivity index (χ4n) is 2.23. The van der Waals surface area contributed by atoms with Crippen LogP contribution in [0.5, 0.6) is 0 Å². The summed E-state index contributed by atoms with van der Waals surface area (Å²) in [5.74, 6) is -0.494. The molecule has 3 aromatic rings. The molecule has 1 aromatic heterocycles. The van der Waals surface area contributed by atoms with Gasteiger partial charge in [-0.15, -0.1) is 0 Å². The summed E-state index contributed by atoms with van der Waals surface area (Å²) in [6, 6.07) is 13.8. The van der Waals surface area contributed by atoms with E-state index in [1.54, 1.807) is 48.5 Å². The first-order valence-corrected chi connectivity index (χ1v) is 7.49. The average Bonchev–Trinajstić information content (AvgIpc) is 2.60. The molecule has 0 aliphatic carbocycles. The Morgan fingerprint density at radius 3 is 2.54 bits per heavy atom. The lowest BCUT2D eigenvalue weighted by atomic mass is 10.1. The summed E-state index contributed by atoms with van der Waals surface area (Å²) in [6.45, 7) is 0. The highest BCUT2D eigenvalue weighted by Gasteiger charge is 2.14. The van der Waals surface area contributed by atoms with Crippen molar-refractivity contribution in [2.24, 2.45) is 12.1 Å². The molecule has 0 saturated heterocycles. The van der Waals surface area contributed by atoms with Gasteiger partial charge >= 0.3 is 0 Å². The highest BCUT2D eigenvalue weighted by atomic mass is 35.5. The SMILES string of the molecule is Cn1nc(C(=O)N/N=C\c2ccc(Cl)cc2)c2ccccc2c1=O. The standard InChI is InChI=1S/C17H13ClN4O2/c1-22-17(24)14-5-3-2-4-13(14)15(21-22)16(23)20-19-10-11-6-8-12(18)9-7-11/h2-10H,1H3,(H,20,23)/b19-10-. The number of carbonyl (C=O) groups excluding carboxylic acids is 1. The molecule has 0 radical (unpaired) electrons. The molecule has 3 rings (SSSR count). The number of hydrogen-bond acceptors (Lipinski definition) is 4. The number of amides is 1. The smallest absolute Gasteiger partial charge is 0.267 e. The Labute approximate surface area is 142 Å². The molecule has 7 heteroatoms. The van der Waals surface area contributed by atoms with E-state index in [0.717, 1.165) is 10.2 Å². The van der Waals surface area contributed by atoms with Crippen molar-refractivity contribution in [3.8, 4) is 0 Å². The minimum absolute atomic E-state index is 0.140. The summed E-state index contributed by atoms with van der Waals surface area (Å²) in [6.07, 6.45) is 1.50. The molecule has 1 N–H and O–H groups in total. The van der Waals surface area contributed by atoms with E-state index in [4.69, 9.17) is 11.6 Å². The summed E-state index contributed by atoms with van der Waals surface area (Å²) in [5.41, 5.74) is 3.09. The zero-order valence-electron chi connectivity index (χ0n) is 12.7. The van der Waals surface area contributed by atoms with E-state index in [-0.39, 0.29) is 11.3 Å². The molecule has 1 heterocycles. The minimum atomic E-state index is -0.494. The summed E-state index contributed by atoms with van der Waals surface area (Å²) in [4.78, 5) is 24.4. The van der Waals surface area contributed by atoms with Crippen molar-refractivity contribution in [2.45, 2.75) is 0 Å². The van der Waals surface area contributed by atoms with Gasteiger partial charge in [0.25, 0.3) is 11.5 Å². The topological polar surface area (TPSA) is 76.3 Å². The second kappa shape index (κ2) is 6.64. The van der Waals surface area contributed by atoms with Crippen molar-refractivity contribution in [3.05, 3.63) is 75.2 Å². The third kappa shape index (κ3) is 3.18. The summed E-state index contributed by atoms with van der Waals surface area (Å²) in [5, 5.41) is 9.49. The number of nitrogens with zero attached hydrogens (tertiary/aromatic N) is 3. The summed E-state index contributed by atoms with van der Waals surface area (Å²) in [7, 11) is 1.50. The van der Waals surface area contributed by atoms with E-state index in [1.807, 2.05) is 0 Å². The van der Waals surface area contributed by atoms with Crippen molar-refractivity contribution < 1.29 is 4.79 Å². The molecule has 0 saturated carbocycles. The maximum absolute atomic E-state index is 12.3. The Morgan fingerprint density at radius 1 is 1.17 bits per heavy atom. The van der Waals surface area contributed by atoms with Crippen LogP contribution in [-0.2, 0) is 7.05 Å². The van der Waals surface area contributed by atoms with Crippen LogP contribution in [0.1, 0.15) is 16.1 Å². The highest BCUT2D eigenvalue weighted by molar-refractivity contribution is 6.30. The molecule has 0 aliphatic heterocycles. The number of benzene rings is 2. The molecule has 0 fully saturated rings. The molecule has 0 aliphatic rings. The lowest BCUT2D eigenvalue weighted by Gasteiger charge is -2.06. The molecular weight excluding hydrogens is 328 g/mol. The third-order valence-electron chi connectivity index (χ3n) is 3.42. The largest absolute Gasteiger partial charge is 0.292 e. The van der Waals surface area contributed by atoms with Gasteiger partial charge in [0.2, 0.25) is 0 Å². The van der Waals surface area contributed by atoms with E-state index >= 15 is 0 Å². The lowest BCUT2D eigenvalue weighted by Crippen LogP contribution is -2.27. The van der Waals surface area contributed by atoms with Gasteiger partial charge in [0.15, 0.2) is 5.69 Å². The van der Waals surface area contributed by atoms with Crippen LogP contribution in [0, 0.1) is 0 Å². The summed E-state index contributed by atoms with van der Waals surface area (Å²) < 4.78 is 1.14. The second-order valence-electron chi connectivity index (χ2n) is 5.07. The van der Waals surface area contributed by atoms with Crippen molar-refractivity contribution in [1.82, 2.24) is 15.2 Å². The Morgan fingerprint density at radius 2 is 1.83 bits per heavy atom. The number of hydrogen-bond donors (Lipinski definition) is 1. The molecule has 0 bridgehead atoms. The number of aromatic nitrogens is 2. The molecular formula is C17H13ClN4O2. The van der Waals surface area contributed by atoms with Crippen molar-refractivity contribution >= 4 is 34.5 Å². The molecule has 6 nitrogen and oxygen atoms in total. The average molecular weight is 341 g/mol. The molecule has 0 atom stereocenters. The fourth-order valence-corrected chi connectivity index (χ4v) is 2.36. The lowest BCUT2D eigenvalue weighted by molar-refractivity contribution is 0.0950. The Hall–Kier alpha value is -2.99. The van der Waals surface area contributed by atoms with Crippen LogP contribution in [0.15, 0.2) is 58.4 Å². The molecule has 120 valence electrons. The number of halogens is 1. The van der Waals surface area contributed by atoms with E-state index in [0.29, 0.717) is 15.8 Å². The van der Waals surface area contributed by atoms with E-state index in [9.17, 15) is 9.59 Å². The zero-order chi connectivity index (χ0) is 17.1. The maximum Gasteiger partial charge on any atom is 0.292 e. The van der Waals surface area contributed by atoms with Gasteiger partial charge in [0.05, 0.1) is 11.6 Å². The number of nitrogens with one attached hydrogen (secondary N) is 1. The van der Waals surface area contributed by atoms with Crippen LogP contribution in [-0.4, -0.2) is 21.9 Å². The Balaban J connectivity index is 1.88. The number of aryl methyl sites for hydroxylation is 1. The first kappa shape index (κ1) is 15.9. The van der Waals surface area contributed by atoms with Gasteiger partial charge in [-0.2, -0.15) is 10.2 Å². The molecule has 2 aromatic carbocycles. The number of rotatable bonds is 3. The van der Waals surface area contributed by atoms with E-state index in [2.05, 4.69) is 15.6 Å². The quantitative estimate of drug-likeness (QED) is 0.587. The highest BCUT2D eigenvalue weighted by Crippen LogP contribution is 2.13. The van der Waals surface area contributed by atoms with Crippen LogP contribution in [0.3, 0.4) is 0 Å². The van der Waals surface area contributed by atoms with Gasteiger partial charge < -0.3 is 0 Å². The number of fused-ring (bicyclic) bond motifs is 1. The predicted octanol–water partition coefficient (Wildman–Crippen LogP) is 2.35. The first-order chi connectivity index (χ1) is 11.6. The zero-order valence-corrected chi connectivity index (χ0v) is 13.5. The van der Waals surface area contributed by atoms with E-state index < -0.39 is 5.91 Å². The van der Waals surface area contributed by atoms with Gasteiger partial charge in [-0.3, -0.25) is 9.59 Å². The summed E-state index contributed by atoms with van der Waals surface area (Å²) >= 11 is 5.81. The van der Waals surface area contributed by atoms with Gasteiger partial charge in [-0.05, 0) is 23.8 Å². The first-order valence-electron chi connectivity index (χ1n) is 7.11. The normalized spacial score (nSPS) is 11.1. The van der Waals surface area contributed by atoms with Crippen LogP contribution < -0.4 is 11.0 Å². The monoisotopic (exact) mass is 340 g/mol. The maximum atomic E-state index is 12.3. The number of carbonyl (C=O) groups is 1. The van der Waals surface area contributed by atoms with Crippen LogP contribution >= 0.6 is 11.6 Å². The molecule has 1 amide bonds. The van der Waals surface area contributed by atoms with Crippen molar-refractivity contribution in [1.29, 1.82) is 0 Å². The Bertz CT molecular complexity index is 994. The fraction of sp³-hybridized carbons (Fsp3) is 0.0588. The van der Waals surface area contributed by atoms with Crippen molar-refractivity contribution in [2.75, 3.05) is 0 Å².